The molecule has 0 aliphatic carbocycles. The van der Waals surface area contributed by atoms with Gasteiger partial charge in [0.2, 0.25) is 0 Å². The Morgan fingerprint density at radius 3 is 2.75 bits per heavy atom. The first-order valence-electron chi connectivity index (χ1n) is 12.8. The fourth-order valence-electron chi connectivity index (χ4n) is 4.53. The lowest BCUT2D eigenvalue weighted by Gasteiger charge is -2.13. The van der Waals surface area contributed by atoms with Gasteiger partial charge in [0.25, 0.3) is 0 Å². The fraction of sp³-hybridized carbons (Fsp3) is 0.0938. The molecule has 2 aromatic heterocycles. The maximum atomic E-state index is 13.4. The van der Waals surface area contributed by atoms with Gasteiger partial charge in [0.15, 0.2) is 0 Å². The zero-order valence-electron chi connectivity index (χ0n) is 21.5. The van der Waals surface area contributed by atoms with Gasteiger partial charge in [-0.15, -0.1) is 0 Å². The van der Waals surface area contributed by atoms with Crippen molar-refractivity contribution in [3.63, 3.8) is 0 Å². The topological polar surface area (TPSA) is 63.8 Å². The van der Waals surface area contributed by atoms with Crippen molar-refractivity contribution in [2.45, 2.75) is 19.6 Å². The van der Waals surface area contributed by atoms with Crippen molar-refractivity contribution in [2.75, 3.05) is 5.32 Å². The molecule has 0 radical (unpaired) electrons. The zero-order chi connectivity index (χ0) is 27.3. The van der Waals surface area contributed by atoms with Gasteiger partial charge in [-0.3, -0.25) is 4.98 Å². The quantitative estimate of drug-likeness (QED) is 0.226. The van der Waals surface area contributed by atoms with Crippen molar-refractivity contribution < 1.29 is 9.13 Å². The Kier molecular flexibility index (Phi) is 7.37. The molecule has 0 spiro atoms. The maximum Gasteiger partial charge on any atom is 0.138 e. The molecule has 0 amide bonds. The van der Waals surface area contributed by atoms with Crippen LogP contribution in [0, 0.1) is 5.82 Å². The number of aliphatic imine (C=N–C) groups is 2. The molecule has 5 aromatic rings. The average Bonchev–Trinajstić information content (AvgIpc) is 3.32. The molecule has 3 heterocycles. The third-order valence-corrected chi connectivity index (χ3v) is 6.80. The number of anilines is 1. The highest BCUT2D eigenvalue weighted by molar-refractivity contribution is 6.32. The molecule has 40 heavy (non-hydrogen) atoms. The lowest BCUT2D eigenvalue weighted by Crippen LogP contribution is -2.15. The van der Waals surface area contributed by atoms with Gasteiger partial charge in [0, 0.05) is 30.7 Å². The van der Waals surface area contributed by atoms with E-state index in [2.05, 4.69) is 55.4 Å². The minimum absolute atomic E-state index is 0.221. The molecule has 6 nitrogen and oxygen atoms in total. The van der Waals surface area contributed by atoms with Crippen LogP contribution in [-0.2, 0) is 19.6 Å². The number of ether oxygens (including phenoxy) is 1. The summed E-state index contributed by atoms with van der Waals surface area (Å²) in [4.78, 5) is 13.5. The van der Waals surface area contributed by atoms with Gasteiger partial charge in [-0.25, -0.2) is 14.4 Å². The summed E-state index contributed by atoms with van der Waals surface area (Å²) in [5.74, 6) is 0.967. The third kappa shape index (κ3) is 6.11. The highest BCUT2D eigenvalue weighted by Crippen LogP contribution is 2.31. The van der Waals surface area contributed by atoms with E-state index in [9.17, 15) is 4.39 Å². The van der Waals surface area contributed by atoms with Crippen LogP contribution < -0.4 is 10.1 Å². The molecule has 0 bridgehead atoms. The Balaban J connectivity index is 1.13. The first kappa shape index (κ1) is 25.5. The second-order valence-corrected chi connectivity index (χ2v) is 9.83. The lowest BCUT2D eigenvalue weighted by molar-refractivity contribution is 0.306. The number of fused-ring (bicyclic) bond motifs is 1. The van der Waals surface area contributed by atoms with E-state index in [1.165, 1.54) is 12.1 Å². The molecule has 0 atom stereocenters. The summed E-state index contributed by atoms with van der Waals surface area (Å²) >= 11 is 6.49. The molecule has 0 fully saturated rings. The number of benzene rings is 3. The van der Waals surface area contributed by atoms with E-state index in [1.807, 2.05) is 36.5 Å². The summed E-state index contributed by atoms with van der Waals surface area (Å²) in [6, 6.07) is 26.1. The smallest absolute Gasteiger partial charge is 0.138 e. The Morgan fingerprint density at radius 2 is 1.90 bits per heavy atom. The van der Waals surface area contributed by atoms with Gasteiger partial charge in [-0.05, 0) is 82.9 Å². The normalized spacial score (nSPS) is 12.4. The van der Waals surface area contributed by atoms with Crippen LogP contribution in [-0.4, -0.2) is 21.7 Å². The van der Waals surface area contributed by atoms with Crippen molar-refractivity contribution in [3.8, 4) is 16.9 Å². The van der Waals surface area contributed by atoms with Crippen molar-refractivity contribution in [3.05, 3.63) is 131 Å². The molecule has 6 rings (SSSR count). The van der Waals surface area contributed by atoms with Crippen LogP contribution in [0.4, 0.5) is 15.8 Å². The zero-order valence-corrected chi connectivity index (χ0v) is 22.2. The molecule has 3 aromatic carbocycles. The number of rotatable bonds is 7. The van der Waals surface area contributed by atoms with E-state index >= 15 is 0 Å². The molecule has 198 valence electrons. The van der Waals surface area contributed by atoms with Crippen LogP contribution in [0.15, 0.2) is 114 Å². The van der Waals surface area contributed by atoms with Crippen molar-refractivity contribution >= 4 is 35.1 Å². The van der Waals surface area contributed by atoms with E-state index in [0.29, 0.717) is 23.7 Å². The summed E-state index contributed by atoms with van der Waals surface area (Å²) < 4.78 is 21.4. The highest BCUT2D eigenvalue weighted by atomic mass is 35.5. The molecule has 0 saturated heterocycles. The second kappa shape index (κ2) is 11.6. The number of aromatic nitrogens is 2. The molecule has 0 unspecified atom stereocenters. The summed E-state index contributed by atoms with van der Waals surface area (Å²) in [6.45, 7) is 0.938. The lowest BCUT2D eigenvalue weighted by atomic mass is 10.0. The number of hydrogen-bond donors (Lipinski definition) is 1. The van der Waals surface area contributed by atoms with Crippen LogP contribution in [0.25, 0.3) is 11.1 Å². The van der Waals surface area contributed by atoms with Gasteiger partial charge < -0.3 is 14.6 Å². The van der Waals surface area contributed by atoms with Gasteiger partial charge in [0.1, 0.15) is 30.3 Å². The molecule has 1 aliphatic heterocycles. The van der Waals surface area contributed by atoms with E-state index in [-0.39, 0.29) is 12.4 Å². The Bertz CT molecular complexity index is 1710. The van der Waals surface area contributed by atoms with Crippen molar-refractivity contribution in [1.29, 1.82) is 0 Å². The number of nitrogens with zero attached hydrogens (tertiary/aromatic N) is 4. The van der Waals surface area contributed by atoms with Crippen LogP contribution in [0.5, 0.6) is 5.75 Å². The Labute approximate surface area is 236 Å². The van der Waals surface area contributed by atoms with E-state index in [0.717, 1.165) is 45.2 Å². The second-order valence-electron chi connectivity index (χ2n) is 9.42. The van der Waals surface area contributed by atoms with Gasteiger partial charge in [0.05, 0.1) is 22.9 Å². The van der Waals surface area contributed by atoms with Crippen LogP contribution >= 0.6 is 11.6 Å². The molecule has 8 heteroatoms. The summed E-state index contributed by atoms with van der Waals surface area (Å²) in [5, 5.41) is 3.81. The third-order valence-electron chi connectivity index (χ3n) is 6.51. The fourth-order valence-corrected chi connectivity index (χ4v) is 4.77. The SMILES string of the molecule is Fc1cccc(COc2ccc(NC3=NC=Nc4ccc(-c5ccn(Cc6ccccn6)c5)cc4C3)cc2Cl)c1. The molecular formula is C32H25ClFN5O. The summed E-state index contributed by atoms with van der Waals surface area (Å²) in [5.41, 5.74) is 6.71. The average molecular weight is 550 g/mol. The standard InChI is InChI=1S/C32H25ClFN5O/c33-29-17-27(8-10-31(29)40-20-22-4-3-5-26(34)14-22)38-32-16-25-15-23(7-9-30(25)36-21-37-32)24-11-13-39(18-24)19-28-6-1-2-12-35-28/h1-15,17-18,21H,16,19-20H2,(H,36,37,38). The van der Waals surface area contributed by atoms with Gasteiger partial charge in [-0.2, -0.15) is 0 Å². The first-order chi connectivity index (χ1) is 19.6. The first-order valence-corrected chi connectivity index (χ1v) is 13.2. The van der Waals surface area contributed by atoms with Gasteiger partial charge in [-0.1, -0.05) is 35.9 Å². The molecule has 1 aliphatic rings. The largest absolute Gasteiger partial charge is 0.487 e. The number of hydrogen-bond acceptors (Lipinski definition) is 5. The minimum atomic E-state index is -0.299. The van der Waals surface area contributed by atoms with Crippen LogP contribution in [0.1, 0.15) is 16.8 Å². The minimum Gasteiger partial charge on any atom is -0.487 e. The predicted molar refractivity (Wildman–Crippen MR) is 158 cm³/mol. The summed E-state index contributed by atoms with van der Waals surface area (Å²) in [6.07, 6.45) is 8.15. The van der Waals surface area contributed by atoms with Crippen molar-refractivity contribution in [2.24, 2.45) is 9.98 Å². The predicted octanol–water partition coefficient (Wildman–Crippen LogP) is 7.70. The van der Waals surface area contributed by atoms with Gasteiger partial charge >= 0.3 is 0 Å². The number of nitrogens with one attached hydrogen (secondary N) is 1. The number of pyridine rings is 1. The number of amidine groups is 1. The van der Waals surface area contributed by atoms with Crippen molar-refractivity contribution in [1.82, 2.24) is 9.55 Å². The Hall–Kier alpha value is -4.75. The maximum absolute atomic E-state index is 13.4. The Morgan fingerprint density at radius 1 is 0.950 bits per heavy atom. The summed E-state index contributed by atoms with van der Waals surface area (Å²) in [7, 11) is 0. The van der Waals surface area contributed by atoms with E-state index in [4.69, 9.17) is 16.3 Å². The van der Waals surface area contributed by atoms with E-state index < -0.39 is 0 Å². The van der Waals surface area contributed by atoms with Crippen LogP contribution in [0.3, 0.4) is 0 Å². The van der Waals surface area contributed by atoms with Crippen LogP contribution in [0.2, 0.25) is 5.02 Å². The van der Waals surface area contributed by atoms with E-state index in [1.54, 1.807) is 30.6 Å². The molecular weight excluding hydrogens is 525 g/mol. The monoisotopic (exact) mass is 549 g/mol. The molecule has 0 saturated carbocycles. The highest BCUT2D eigenvalue weighted by Gasteiger charge is 2.13. The number of halogens is 2. The molecule has 1 N–H and O–H groups in total.